The van der Waals surface area contributed by atoms with Crippen LogP contribution in [0.4, 0.5) is 0 Å². The third-order valence-electron chi connectivity index (χ3n) is 2.15. The maximum Gasteiger partial charge on any atom is 0.115 e. The lowest BCUT2D eigenvalue weighted by molar-refractivity contribution is 0.474. The highest BCUT2D eigenvalue weighted by molar-refractivity contribution is 5.53. The molecule has 0 amide bonds. The Hall–Kier alpha value is -1.24. The largest absolute Gasteiger partial charge is 0.508 e. The molecule has 0 spiro atoms. The van der Waals surface area contributed by atoms with Crippen LogP contribution in [-0.4, -0.2) is 5.11 Å². The zero-order valence-corrected chi connectivity index (χ0v) is 8.09. The molecular weight excluding hydrogens is 160 g/mol. The van der Waals surface area contributed by atoms with Gasteiger partial charge in [-0.2, -0.15) is 0 Å². The predicted octanol–water partition coefficient (Wildman–Crippen LogP) is 3.38. The van der Waals surface area contributed by atoms with E-state index in [4.69, 9.17) is 0 Å². The summed E-state index contributed by atoms with van der Waals surface area (Å²) in [6.07, 6.45) is 5.19. The van der Waals surface area contributed by atoms with Crippen molar-refractivity contribution < 1.29 is 5.11 Å². The lowest BCUT2D eigenvalue weighted by Gasteiger charge is -2.05. The number of aromatic hydroxyl groups is 1. The Bertz CT molecular complexity index is 289. The summed E-state index contributed by atoms with van der Waals surface area (Å²) in [6.45, 7) is 5.91. The van der Waals surface area contributed by atoms with Crippen LogP contribution in [0, 0.1) is 0 Å². The van der Waals surface area contributed by atoms with Crippen LogP contribution in [0.5, 0.6) is 5.75 Å². The number of phenols is 1. The van der Waals surface area contributed by atoms with Gasteiger partial charge in [-0.15, -0.1) is 0 Å². The van der Waals surface area contributed by atoms with Crippen LogP contribution in [-0.2, 0) is 6.42 Å². The average Bonchev–Trinajstić information content (AvgIpc) is 2.15. The van der Waals surface area contributed by atoms with E-state index in [1.165, 1.54) is 12.0 Å². The highest BCUT2D eigenvalue weighted by atomic mass is 16.3. The third-order valence-corrected chi connectivity index (χ3v) is 2.15. The molecule has 0 aliphatic rings. The number of hydrogen-bond donors (Lipinski definition) is 1. The average molecular weight is 176 g/mol. The van der Waals surface area contributed by atoms with Gasteiger partial charge in [-0.1, -0.05) is 32.1 Å². The molecular formula is C12H16O. The van der Waals surface area contributed by atoms with E-state index in [0.717, 1.165) is 18.4 Å². The van der Waals surface area contributed by atoms with Gasteiger partial charge in [0.2, 0.25) is 0 Å². The van der Waals surface area contributed by atoms with Gasteiger partial charge < -0.3 is 5.11 Å². The number of phenolic OH excluding ortho intramolecular Hbond substituents is 1. The molecule has 1 N–H and O–H groups in total. The van der Waals surface area contributed by atoms with E-state index in [-0.39, 0.29) is 0 Å². The van der Waals surface area contributed by atoms with Crippen molar-refractivity contribution in [2.24, 2.45) is 0 Å². The minimum atomic E-state index is 0.344. The van der Waals surface area contributed by atoms with Crippen molar-refractivity contribution >= 4 is 6.08 Å². The molecule has 1 aromatic rings. The Labute approximate surface area is 79.7 Å². The van der Waals surface area contributed by atoms with E-state index >= 15 is 0 Å². The quantitative estimate of drug-likeness (QED) is 0.745. The van der Waals surface area contributed by atoms with Crippen LogP contribution in [0.25, 0.3) is 6.08 Å². The van der Waals surface area contributed by atoms with Gasteiger partial charge in [0.25, 0.3) is 0 Å². The fourth-order valence-corrected chi connectivity index (χ4v) is 1.38. The van der Waals surface area contributed by atoms with Gasteiger partial charge in [0.1, 0.15) is 5.75 Å². The van der Waals surface area contributed by atoms with Crippen molar-refractivity contribution in [3.63, 3.8) is 0 Å². The fraction of sp³-hybridized carbons (Fsp3) is 0.333. The summed E-state index contributed by atoms with van der Waals surface area (Å²) in [7, 11) is 0. The highest BCUT2D eigenvalue weighted by Gasteiger charge is 1.99. The predicted molar refractivity (Wildman–Crippen MR) is 56.8 cm³/mol. The molecule has 0 heterocycles. The zero-order valence-electron chi connectivity index (χ0n) is 8.09. The molecule has 1 nitrogen and oxygen atoms in total. The summed E-state index contributed by atoms with van der Waals surface area (Å²) in [5.74, 6) is 0.344. The maximum atomic E-state index is 9.30. The molecule has 1 heteroatoms. The van der Waals surface area contributed by atoms with Crippen molar-refractivity contribution in [1.29, 1.82) is 0 Å². The van der Waals surface area contributed by atoms with Crippen molar-refractivity contribution in [3.8, 4) is 5.75 Å². The minimum Gasteiger partial charge on any atom is -0.508 e. The molecule has 0 unspecified atom stereocenters. The van der Waals surface area contributed by atoms with Crippen molar-refractivity contribution in [3.05, 3.63) is 35.9 Å². The Morgan fingerprint density at radius 2 is 2.23 bits per heavy atom. The molecule has 0 atom stereocenters. The Morgan fingerprint density at radius 3 is 2.85 bits per heavy atom. The number of benzene rings is 1. The molecule has 0 saturated heterocycles. The van der Waals surface area contributed by atoms with Gasteiger partial charge in [-0.05, 0) is 36.1 Å². The Balaban J connectivity index is 2.87. The molecule has 0 bridgehead atoms. The van der Waals surface area contributed by atoms with Gasteiger partial charge in [-0.25, -0.2) is 0 Å². The number of aryl methyl sites for hydroxylation is 1. The van der Waals surface area contributed by atoms with Crippen LogP contribution < -0.4 is 0 Å². The van der Waals surface area contributed by atoms with Crippen LogP contribution in [0.3, 0.4) is 0 Å². The zero-order chi connectivity index (χ0) is 9.68. The first-order valence-electron chi connectivity index (χ1n) is 4.72. The molecule has 0 saturated carbocycles. The molecule has 1 rings (SSSR count). The second-order valence-corrected chi connectivity index (χ2v) is 3.19. The SMILES string of the molecule is C=Cc1ccc(O)cc1CCCC. The Kier molecular flexibility index (Phi) is 3.56. The van der Waals surface area contributed by atoms with Crippen LogP contribution >= 0.6 is 0 Å². The summed E-state index contributed by atoms with van der Waals surface area (Å²) >= 11 is 0. The van der Waals surface area contributed by atoms with Gasteiger partial charge >= 0.3 is 0 Å². The summed E-state index contributed by atoms with van der Waals surface area (Å²) in [6, 6.07) is 5.44. The van der Waals surface area contributed by atoms with Crippen molar-refractivity contribution in [2.75, 3.05) is 0 Å². The van der Waals surface area contributed by atoms with Crippen LogP contribution in [0.2, 0.25) is 0 Å². The van der Waals surface area contributed by atoms with Crippen LogP contribution in [0.1, 0.15) is 30.9 Å². The van der Waals surface area contributed by atoms with Gasteiger partial charge in [-0.3, -0.25) is 0 Å². The standard InChI is InChI=1S/C12H16O/c1-3-5-6-11-9-12(13)8-7-10(11)4-2/h4,7-9,13H,2-3,5-6H2,1H3. The third kappa shape index (κ3) is 2.62. The molecule has 0 aliphatic carbocycles. The maximum absolute atomic E-state index is 9.30. The second kappa shape index (κ2) is 4.70. The Morgan fingerprint density at radius 1 is 1.46 bits per heavy atom. The highest BCUT2D eigenvalue weighted by Crippen LogP contribution is 2.19. The fourth-order valence-electron chi connectivity index (χ4n) is 1.38. The summed E-state index contributed by atoms with van der Waals surface area (Å²) in [5, 5.41) is 9.30. The van der Waals surface area contributed by atoms with Crippen molar-refractivity contribution in [2.45, 2.75) is 26.2 Å². The number of unbranched alkanes of at least 4 members (excludes halogenated alkanes) is 1. The van der Waals surface area contributed by atoms with Crippen molar-refractivity contribution in [1.82, 2.24) is 0 Å². The lowest BCUT2D eigenvalue weighted by Crippen LogP contribution is -1.88. The molecule has 0 radical (unpaired) electrons. The van der Waals surface area contributed by atoms with E-state index in [1.54, 1.807) is 6.07 Å². The lowest BCUT2D eigenvalue weighted by atomic mass is 10.0. The van der Waals surface area contributed by atoms with E-state index in [9.17, 15) is 5.11 Å². The van der Waals surface area contributed by atoms with E-state index < -0.39 is 0 Å². The first-order chi connectivity index (χ1) is 6.27. The van der Waals surface area contributed by atoms with Crippen LogP contribution in [0.15, 0.2) is 24.8 Å². The van der Waals surface area contributed by atoms with E-state index in [0.29, 0.717) is 5.75 Å². The molecule has 1 aromatic carbocycles. The number of hydrogen-bond acceptors (Lipinski definition) is 1. The normalized spacial score (nSPS) is 9.92. The molecule has 0 fully saturated rings. The monoisotopic (exact) mass is 176 g/mol. The summed E-state index contributed by atoms with van der Waals surface area (Å²) in [4.78, 5) is 0. The topological polar surface area (TPSA) is 20.2 Å². The minimum absolute atomic E-state index is 0.344. The second-order valence-electron chi connectivity index (χ2n) is 3.19. The first-order valence-corrected chi connectivity index (χ1v) is 4.72. The van der Waals surface area contributed by atoms with E-state index in [2.05, 4.69) is 13.5 Å². The first kappa shape index (κ1) is 9.85. The molecule has 0 aliphatic heterocycles. The summed E-state index contributed by atoms with van der Waals surface area (Å²) in [5.41, 5.74) is 2.32. The molecule has 0 aromatic heterocycles. The van der Waals surface area contributed by atoms with Gasteiger partial charge in [0, 0.05) is 0 Å². The molecule has 70 valence electrons. The number of rotatable bonds is 4. The van der Waals surface area contributed by atoms with E-state index in [1.807, 2.05) is 18.2 Å². The van der Waals surface area contributed by atoms with Gasteiger partial charge in [0.15, 0.2) is 0 Å². The molecule has 13 heavy (non-hydrogen) atoms. The summed E-state index contributed by atoms with van der Waals surface area (Å²) < 4.78 is 0. The van der Waals surface area contributed by atoms with Gasteiger partial charge in [0.05, 0.1) is 0 Å². The smallest absolute Gasteiger partial charge is 0.115 e.